The van der Waals surface area contributed by atoms with Gasteiger partial charge in [-0.2, -0.15) is 0 Å². The second-order valence-electron chi connectivity index (χ2n) is 3.45. The van der Waals surface area contributed by atoms with Gasteiger partial charge in [-0.25, -0.2) is 0 Å². The maximum absolute atomic E-state index is 10.8. The van der Waals surface area contributed by atoms with E-state index in [0.717, 1.165) is 0 Å². The molecule has 16 heavy (non-hydrogen) atoms. The summed E-state index contributed by atoms with van der Waals surface area (Å²) in [5.74, 6) is -0.483. The molecule has 1 aromatic carbocycles. The molecule has 86 valence electrons. The Bertz CT molecular complexity index is 434. The topological polar surface area (TPSA) is 86.2 Å². The van der Waals surface area contributed by atoms with E-state index in [4.69, 9.17) is 5.73 Å². The molecule has 0 fully saturated rings. The summed E-state index contributed by atoms with van der Waals surface area (Å²) in [7, 11) is 0. The third kappa shape index (κ3) is 3.03. The van der Waals surface area contributed by atoms with Crippen LogP contribution in [-0.4, -0.2) is 15.7 Å². The minimum atomic E-state index is -0.505. The first-order valence-electron chi connectivity index (χ1n) is 4.59. The number of carbonyl (C=O) groups excluding carboxylic acids is 1. The number of amides is 1. The van der Waals surface area contributed by atoms with Crippen LogP contribution in [0.4, 0.5) is 5.69 Å². The maximum Gasteiger partial charge on any atom is 0.272 e. The van der Waals surface area contributed by atoms with Crippen molar-refractivity contribution in [1.29, 1.82) is 0 Å². The fourth-order valence-electron chi connectivity index (χ4n) is 1.29. The highest BCUT2D eigenvalue weighted by Crippen LogP contribution is 2.21. The molecule has 0 aliphatic heterocycles. The summed E-state index contributed by atoms with van der Waals surface area (Å²) in [5, 5.41) is 10.7. The first-order valence-corrected chi connectivity index (χ1v) is 5.50. The molecule has 2 N–H and O–H groups in total. The SMILES string of the molecule is Cc1ccc(CC(Br)C(N)=O)cc1[N+](=O)[O-]. The normalized spacial score (nSPS) is 12.1. The molecule has 0 bridgehead atoms. The standard InChI is InChI=1S/C10H11BrN2O3/c1-6-2-3-7(4-8(11)10(12)14)5-9(6)13(15)16/h2-3,5,8H,4H2,1H3,(H2,12,14). The van der Waals surface area contributed by atoms with Gasteiger partial charge in [0.1, 0.15) is 0 Å². The predicted molar refractivity (Wildman–Crippen MR) is 63.4 cm³/mol. The summed E-state index contributed by atoms with van der Waals surface area (Å²) >= 11 is 3.11. The van der Waals surface area contributed by atoms with E-state index in [-0.39, 0.29) is 5.69 Å². The number of aryl methyl sites for hydroxylation is 1. The van der Waals surface area contributed by atoms with E-state index in [1.807, 2.05) is 0 Å². The number of nitro benzene ring substituents is 1. The van der Waals surface area contributed by atoms with Gasteiger partial charge in [-0.1, -0.05) is 28.1 Å². The van der Waals surface area contributed by atoms with Crippen LogP contribution in [0.5, 0.6) is 0 Å². The smallest absolute Gasteiger partial charge is 0.272 e. The van der Waals surface area contributed by atoms with Crippen LogP contribution in [0.2, 0.25) is 0 Å². The summed E-state index contributed by atoms with van der Waals surface area (Å²) in [5.41, 5.74) is 6.45. The molecule has 0 saturated carbocycles. The van der Waals surface area contributed by atoms with Crippen molar-refractivity contribution in [2.45, 2.75) is 18.2 Å². The zero-order chi connectivity index (χ0) is 12.3. The van der Waals surface area contributed by atoms with E-state index in [1.54, 1.807) is 19.1 Å². The Kier molecular flexibility index (Phi) is 4.00. The summed E-state index contributed by atoms with van der Waals surface area (Å²) in [6.45, 7) is 1.67. The molecule has 6 heteroatoms. The van der Waals surface area contributed by atoms with Gasteiger partial charge >= 0.3 is 0 Å². The van der Waals surface area contributed by atoms with Gasteiger partial charge in [-0.15, -0.1) is 0 Å². The molecular formula is C10H11BrN2O3. The number of nitrogens with zero attached hydrogens (tertiary/aromatic N) is 1. The Hall–Kier alpha value is -1.43. The highest BCUT2D eigenvalue weighted by molar-refractivity contribution is 9.10. The van der Waals surface area contributed by atoms with Crippen molar-refractivity contribution in [3.8, 4) is 0 Å². The number of benzene rings is 1. The summed E-state index contributed by atoms with van der Waals surface area (Å²) < 4.78 is 0. The summed E-state index contributed by atoms with van der Waals surface area (Å²) in [4.78, 5) is 20.6. The van der Waals surface area contributed by atoms with E-state index in [0.29, 0.717) is 17.5 Å². The molecular weight excluding hydrogens is 276 g/mol. The summed E-state index contributed by atoms with van der Waals surface area (Å²) in [6.07, 6.45) is 0.344. The lowest BCUT2D eigenvalue weighted by molar-refractivity contribution is -0.385. The van der Waals surface area contributed by atoms with Crippen LogP contribution in [0.1, 0.15) is 11.1 Å². The number of hydrogen-bond acceptors (Lipinski definition) is 3. The minimum absolute atomic E-state index is 0.0571. The quantitative estimate of drug-likeness (QED) is 0.519. The van der Waals surface area contributed by atoms with E-state index >= 15 is 0 Å². The number of rotatable bonds is 4. The van der Waals surface area contributed by atoms with Crippen molar-refractivity contribution in [2.24, 2.45) is 5.73 Å². The van der Waals surface area contributed by atoms with Crippen LogP contribution >= 0.6 is 15.9 Å². The largest absolute Gasteiger partial charge is 0.369 e. The van der Waals surface area contributed by atoms with Gasteiger partial charge in [0.05, 0.1) is 9.75 Å². The zero-order valence-corrected chi connectivity index (χ0v) is 10.2. The van der Waals surface area contributed by atoms with E-state index in [9.17, 15) is 14.9 Å². The van der Waals surface area contributed by atoms with Gasteiger partial charge in [-0.05, 0) is 18.9 Å². The lowest BCUT2D eigenvalue weighted by Gasteiger charge is -2.06. The van der Waals surface area contributed by atoms with Gasteiger partial charge in [0.15, 0.2) is 0 Å². The molecule has 1 rings (SSSR count). The second-order valence-corrected chi connectivity index (χ2v) is 4.56. The number of halogens is 1. The van der Waals surface area contributed by atoms with Crippen LogP contribution in [0, 0.1) is 17.0 Å². The molecule has 1 unspecified atom stereocenters. The van der Waals surface area contributed by atoms with Crippen LogP contribution in [0.15, 0.2) is 18.2 Å². The average molecular weight is 287 g/mol. The molecule has 0 saturated heterocycles. The Morgan fingerprint density at radius 2 is 2.25 bits per heavy atom. The second kappa shape index (κ2) is 5.07. The number of hydrogen-bond donors (Lipinski definition) is 1. The molecule has 0 aliphatic carbocycles. The number of alkyl halides is 1. The lowest BCUT2D eigenvalue weighted by atomic mass is 10.1. The van der Waals surface area contributed by atoms with E-state index < -0.39 is 15.7 Å². The first kappa shape index (κ1) is 12.6. The average Bonchev–Trinajstić information content (AvgIpc) is 2.20. The van der Waals surface area contributed by atoms with Crippen molar-refractivity contribution >= 4 is 27.5 Å². The van der Waals surface area contributed by atoms with Crippen LogP contribution < -0.4 is 5.73 Å². The highest BCUT2D eigenvalue weighted by atomic mass is 79.9. The van der Waals surface area contributed by atoms with Crippen LogP contribution in [0.3, 0.4) is 0 Å². The summed E-state index contributed by atoms with van der Waals surface area (Å²) in [6, 6.07) is 4.88. The van der Waals surface area contributed by atoms with Crippen LogP contribution in [0.25, 0.3) is 0 Å². The highest BCUT2D eigenvalue weighted by Gasteiger charge is 2.15. The molecule has 1 atom stereocenters. The fraction of sp³-hybridized carbons (Fsp3) is 0.300. The third-order valence-corrected chi connectivity index (χ3v) is 2.97. The predicted octanol–water partition coefficient (Wildman–Crippen LogP) is 1.69. The Morgan fingerprint density at radius 1 is 1.62 bits per heavy atom. The molecule has 5 nitrogen and oxygen atoms in total. The first-order chi connectivity index (χ1) is 7.41. The number of nitrogens with two attached hydrogens (primary N) is 1. The molecule has 0 spiro atoms. The molecule has 0 heterocycles. The number of carbonyl (C=O) groups is 1. The molecule has 0 radical (unpaired) electrons. The monoisotopic (exact) mass is 286 g/mol. The van der Waals surface area contributed by atoms with Crippen molar-refractivity contribution in [3.05, 3.63) is 39.4 Å². The third-order valence-electron chi connectivity index (χ3n) is 2.19. The molecule has 1 amide bonds. The van der Waals surface area contributed by atoms with E-state index in [2.05, 4.69) is 15.9 Å². The van der Waals surface area contributed by atoms with Gasteiger partial charge < -0.3 is 5.73 Å². The molecule has 1 aromatic rings. The Morgan fingerprint density at radius 3 is 2.75 bits per heavy atom. The Labute approximate surface area is 101 Å². The van der Waals surface area contributed by atoms with Crippen molar-refractivity contribution in [3.63, 3.8) is 0 Å². The number of nitro groups is 1. The molecule has 0 aliphatic rings. The Balaban J connectivity index is 2.95. The number of primary amides is 1. The zero-order valence-electron chi connectivity index (χ0n) is 8.64. The van der Waals surface area contributed by atoms with Gasteiger partial charge in [0, 0.05) is 11.6 Å². The van der Waals surface area contributed by atoms with Crippen molar-refractivity contribution in [1.82, 2.24) is 0 Å². The van der Waals surface area contributed by atoms with E-state index in [1.165, 1.54) is 6.07 Å². The fourth-order valence-corrected chi connectivity index (χ4v) is 1.66. The van der Waals surface area contributed by atoms with Crippen LogP contribution in [-0.2, 0) is 11.2 Å². The maximum atomic E-state index is 10.8. The van der Waals surface area contributed by atoms with Gasteiger partial charge in [0.2, 0.25) is 5.91 Å². The minimum Gasteiger partial charge on any atom is -0.369 e. The van der Waals surface area contributed by atoms with Gasteiger partial charge in [0.25, 0.3) is 5.69 Å². The lowest BCUT2D eigenvalue weighted by Crippen LogP contribution is -2.24. The van der Waals surface area contributed by atoms with Gasteiger partial charge in [-0.3, -0.25) is 14.9 Å². The molecule has 0 aromatic heterocycles. The van der Waals surface area contributed by atoms with Crippen molar-refractivity contribution in [2.75, 3.05) is 0 Å². The van der Waals surface area contributed by atoms with Crippen molar-refractivity contribution < 1.29 is 9.72 Å².